The first-order valence-corrected chi connectivity index (χ1v) is 5.34. The highest BCUT2D eigenvalue weighted by atomic mass is 35.5. The fraction of sp³-hybridized carbons (Fsp3) is 0.800. The summed E-state index contributed by atoms with van der Waals surface area (Å²) >= 11 is 5.59. The summed E-state index contributed by atoms with van der Waals surface area (Å²) in [6.07, 6.45) is 0.544. The summed E-state index contributed by atoms with van der Waals surface area (Å²) in [5, 5.41) is 1.90. The first-order valence-electron chi connectivity index (χ1n) is 4.90. The summed E-state index contributed by atoms with van der Waals surface area (Å²) in [7, 11) is 1.30. The van der Waals surface area contributed by atoms with E-state index in [4.69, 9.17) is 11.6 Å². The average Bonchev–Trinajstić information content (AvgIpc) is 2.14. The van der Waals surface area contributed by atoms with Crippen molar-refractivity contribution in [1.29, 1.82) is 0 Å². The normalized spacial score (nSPS) is 14.5. The second kappa shape index (κ2) is 6.67. The van der Waals surface area contributed by atoms with Crippen LogP contribution in [0.5, 0.6) is 0 Å². The molecule has 0 rings (SSSR count). The van der Waals surface area contributed by atoms with Crippen LogP contribution in [-0.2, 0) is 14.3 Å². The van der Waals surface area contributed by atoms with Crippen molar-refractivity contribution in [3.8, 4) is 0 Å². The molecule has 2 atom stereocenters. The molecule has 0 bridgehead atoms. The molecule has 0 saturated carbocycles. The number of hydrogen-bond donors (Lipinski definition) is 1. The molecule has 1 amide bonds. The van der Waals surface area contributed by atoms with Crippen molar-refractivity contribution in [1.82, 2.24) is 5.32 Å². The van der Waals surface area contributed by atoms with Gasteiger partial charge in [0.05, 0.1) is 7.11 Å². The van der Waals surface area contributed by atoms with Gasteiger partial charge in [-0.2, -0.15) is 0 Å². The number of alkyl halides is 1. The van der Waals surface area contributed by atoms with Crippen LogP contribution in [0.4, 0.5) is 0 Å². The van der Waals surface area contributed by atoms with Crippen molar-refractivity contribution in [3.05, 3.63) is 0 Å². The Bertz CT molecular complexity index is 229. The molecular formula is C10H18ClNO3. The van der Waals surface area contributed by atoms with Crippen LogP contribution < -0.4 is 5.32 Å². The number of ether oxygens (including phenoxy) is 1. The predicted octanol–water partition coefficient (Wildman–Crippen LogP) is 1.32. The van der Waals surface area contributed by atoms with E-state index in [-0.39, 0.29) is 5.91 Å². The van der Waals surface area contributed by atoms with Gasteiger partial charge in [-0.1, -0.05) is 13.8 Å². The lowest BCUT2D eigenvalue weighted by atomic mass is 10.0. The van der Waals surface area contributed by atoms with Gasteiger partial charge in [0.2, 0.25) is 5.91 Å². The maximum Gasteiger partial charge on any atom is 0.328 e. The largest absolute Gasteiger partial charge is 0.467 e. The van der Waals surface area contributed by atoms with Gasteiger partial charge in [-0.25, -0.2) is 4.79 Å². The van der Waals surface area contributed by atoms with E-state index in [0.29, 0.717) is 12.3 Å². The molecule has 0 aliphatic carbocycles. The van der Waals surface area contributed by atoms with Crippen LogP contribution in [0.25, 0.3) is 0 Å². The molecule has 5 heteroatoms. The van der Waals surface area contributed by atoms with Crippen LogP contribution in [0.15, 0.2) is 0 Å². The second-order valence-corrected chi connectivity index (χ2v) is 4.48. The molecule has 0 radical (unpaired) electrons. The van der Waals surface area contributed by atoms with Crippen LogP contribution in [0.2, 0.25) is 0 Å². The maximum absolute atomic E-state index is 11.3. The second-order valence-electron chi connectivity index (χ2n) is 3.83. The standard InChI is InChI=1S/C10H18ClNO3/c1-6(2)5-8(10(14)15-4)12-9(13)7(3)11/h6-8H,5H2,1-4H3,(H,12,13). The fourth-order valence-electron chi connectivity index (χ4n) is 1.11. The Hall–Kier alpha value is -0.770. The fourth-order valence-corrected chi connectivity index (χ4v) is 1.18. The Labute approximate surface area is 95.3 Å². The number of amides is 1. The number of nitrogens with one attached hydrogen (secondary N) is 1. The third-order valence-electron chi connectivity index (χ3n) is 1.87. The van der Waals surface area contributed by atoms with Crippen LogP contribution in [0.1, 0.15) is 27.2 Å². The van der Waals surface area contributed by atoms with Crippen molar-refractivity contribution in [2.24, 2.45) is 5.92 Å². The third kappa shape index (κ3) is 5.62. The molecule has 0 aliphatic rings. The smallest absolute Gasteiger partial charge is 0.328 e. The molecule has 0 spiro atoms. The summed E-state index contributed by atoms with van der Waals surface area (Å²) in [6.45, 7) is 5.49. The SMILES string of the molecule is COC(=O)C(CC(C)C)NC(=O)C(C)Cl. The highest BCUT2D eigenvalue weighted by Gasteiger charge is 2.23. The maximum atomic E-state index is 11.3. The van der Waals surface area contributed by atoms with Gasteiger partial charge in [0.1, 0.15) is 11.4 Å². The molecule has 0 aromatic carbocycles. The zero-order valence-corrected chi connectivity index (χ0v) is 10.3. The Kier molecular flexibility index (Phi) is 6.32. The van der Waals surface area contributed by atoms with E-state index in [2.05, 4.69) is 10.1 Å². The quantitative estimate of drug-likeness (QED) is 0.578. The van der Waals surface area contributed by atoms with Gasteiger partial charge in [-0.15, -0.1) is 11.6 Å². The minimum absolute atomic E-state index is 0.292. The van der Waals surface area contributed by atoms with E-state index in [9.17, 15) is 9.59 Å². The molecular weight excluding hydrogens is 218 g/mol. The van der Waals surface area contributed by atoms with E-state index in [1.54, 1.807) is 6.92 Å². The summed E-state index contributed by atoms with van der Waals surface area (Å²) in [5.41, 5.74) is 0. The zero-order chi connectivity index (χ0) is 12.0. The van der Waals surface area contributed by atoms with E-state index < -0.39 is 17.4 Å². The number of methoxy groups -OCH3 is 1. The molecule has 0 heterocycles. The molecule has 0 fully saturated rings. The van der Waals surface area contributed by atoms with Gasteiger partial charge < -0.3 is 10.1 Å². The van der Waals surface area contributed by atoms with Crippen molar-refractivity contribution < 1.29 is 14.3 Å². The van der Waals surface area contributed by atoms with Crippen LogP contribution >= 0.6 is 11.6 Å². The zero-order valence-electron chi connectivity index (χ0n) is 9.54. The number of carbonyl (C=O) groups excluding carboxylic acids is 2. The summed E-state index contributed by atoms with van der Waals surface area (Å²) < 4.78 is 4.60. The first kappa shape index (κ1) is 14.2. The van der Waals surface area contributed by atoms with Crippen molar-refractivity contribution in [3.63, 3.8) is 0 Å². The number of rotatable bonds is 5. The monoisotopic (exact) mass is 235 g/mol. The molecule has 0 aromatic rings. The van der Waals surface area contributed by atoms with Crippen LogP contribution in [0, 0.1) is 5.92 Å². The molecule has 88 valence electrons. The van der Waals surface area contributed by atoms with E-state index in [1.807, 2.05) is 13.8 Å². The molecule has 0 aromatic heterocycles. The molecule has 4 nitrogen and oxygen atoms in total. The van der Waals surface area contributed by atoms with Gasteiger partial charge in [-0.05, 0) is 19.3 Å². The van der Waals surface area contributed by atoms with Crippen LogP contribution in [-0.4, -0.2) is 30.4 Å². The highest BCUT2D eigenvalue weighted by Crippen LogP contribution is 2.07. The van der Waals surface area contributed by atoms with E-state index >= 15 is 0 Å². The summed E-state index contributed by atoms with van der Waals surface area (Å²) in [6, 6.07) is -0.608. The van der Waals surface area contributed by atoms with Gasteiger partial charge in [0.15, 0.2) is 0 Å². The Morgan fingerprint density at radius 2 is 1.87 bits per heavy atom. The van der Waals surface area contributed by atoms with Gasteiger partial charge in [-0.3, -0.25) is 4.79 Å². The average molecular weight is 236 g/mol. The molecule has 0 aliphatic heterocycles. The van der Waals surface area contributed by atoms with Crippen LogP contribution in [0.3, 0.4) is 0 Å². The minimum Gasteiger partial charge on any atom is -0.467 e. The number of halogens is 1. The van der Waals surface area contributed by atoms with Crippen molar-refractivity contribution >= 4 is 23.5 Å². The Balaban J connectivity index is 4.37. The third-order valence-corrected chi connectivity index (χ3v) is 2.07. The van der Waals surface area contributed by atoms with Crippen molar-refractivity contribution in [2.45, 2.75) is 38.6 Å². The molecule has 15 heavy (non-hydrogen) atoms. The van der Waals surface area contributed by atoms with E-state index in [0.717, 1.165) is 0 Å². The molecule has 0 saturated heterocycles. The lowest BCUT2D eigenvalue weighted by Gasteiger charge is -2.18. The minimum atomic E-state index is -0.649. The Morgan fingerprint density at radius 3 is 2.20 bits per heavy atom. The lowest BCUT2D eigenvalue weighted by Crippen LogP contribution is -2.44. The van der Waals surface area contributed by atoms with Gasteiger partial charge >= 0.3 is 5.97 Å². The summed E-state index contributed by atoms with van der Waals surface area (Å²) in [5.74, 6) is -0.498. The van der Waals surface area contributed by atoms with Crippen molar-refractivity contribution in [2.75, 3.05) is 7.11 Å². The summed E-state index contributed by atoms with van der Waals surface area (Å²) in [4.78, 5) is 22.6. The number of carbonyl (C=O) groups is 2. The number of hydrogen-bond acceptors (Lipinski definition) is 3. The highest BCUT2D eigenvalue weighted by molar-refractivity contribution is 6.30. The molecule has 2 unspecified atom stereocenters. The molecule has 1 N–H and O–H groups in total. The van der Waals surface area contributed by atoms with E-state index in [1.165, 1.54) is 7.11 Å². The van der Waals surface area contributed by atoms with Gasteiger partial charge in [0.25, 0.3) is 0 Å². The lowest BCUT2D eigenvalue weighted by molar-refractivity contribution is -0.145. The Morgan fingerprint density at radius 1 is 1.33 bits per heavy atom. The number of esters is 1. The predicted molar refractivity (Wildman–Crippen MR) is 58.7 cm³/mol. The topological polar surface area (TPSA) is 55.4 Å². The first-order chi connectivity index (χ1) is 6.88. The van der Waals surface area contributed by atoms with Gasteiger partial charge in [0, 0.05) is 0 Å².